The number of likely N-dealkylation sites (tertiary alicyclic amines) is 1. The molecule has 0 bridgehead atoms. The van der Waals surface area contributed by atoms with Gasteiger partial charge in [-0.25, -0.2) is 0 Å². The van der Waals surface area contributed by atoms with Gasteiger partial charge < -0.3 is 4.74 Å². The molecule has 0 aromatic heterocycles. The lowest BCUT2D eigenvalue weighted by molar-refractivity contribution is -0.146. The first kappa shape index (κ1) is 12.4. The van der Waals surface area contributed by atoms with E-state index in [0.29, 0.717) is 12.5 Å². The Morgan fingerprint density at radius 1 is 1.42 bits per heavy atom. The number of ether oxygens (including phenoxy) is 1. The van der Waals surface area contributed by atoms with Gasteiger partial charge in [-0.2, -0.15) is 0 Å². The Morgan fingerprint density at radius 2 is 2.21 bits per heavy atom. The van der Waals surface area contributed by atoms with Crippen molar-refractivity contribution in [3.63, 3.8) is 0 Å². The number of rotatable bonds is 4. The highest BCUT2D eigenvalue weighted by molar-refractivity contribution is 5.80. The highest BCUT2D eigenvalue weighted by atomic mass is 16.5. The molecule has 0 radical (unpaired) electrons. The molecule has 3 heteroatoms. The number of allylic oxidation sites excluding steroid dienone is 1. The normalized spacial score (nSPS) is 30.1. The standard InChI is InChI=1S/C16H19NO2/c1-2-8-16-12-17(9-13-6-4-3-5-7-13)10-14(16)11-19-15(16)18/h2-7,14H,1,8-12H2. The molecule has 0 saturated carbocycles. The molecule has 2 aliphatic rings. The molecule has 100 valence electrons. The van der Waals surface area contributed by atoms with Gasteiger partial charge in [-0.05, 0) is 12.0 Å². The van der Waals surface area contributed by atoms with Crippen molar-refractivity contribution in [1.82, 2.24) is 4.90 Å². The van der Waals surface area contributed by atoms with Gasteiger partial charge in [0.2, 0.25) is 0 Å². The van der Waals surface area contributed by atoms with E-state index in [1.165, 1.54) is 5.56 Å². The van der Waals surface area contributed by atoms with E-state index in [4.69, 9.17) is 4.74 Å². The Balaban J connectivity index is 1.75. The highest BCUT2D eigenvalue weighted by Gasteiger charge is 2.56. The third-order valence-corrected chi connectivity index (χ3v) is 4.35. The number of carbonyl (C=O) groups is 1. The predicted molar refractivity (Wildman–Crippen MR) is 73.4 cm³/mol. The lowest BCUT2D eigenvalue weighted by atomic mass is 9.77. The Hall–Kier alpha value is -1.61. The number of cyclic esters (lactones) is 1. The number of esters is 1. The molecule has 0 N–H and O–H groups in total. The van der Waals surface area contributed by atoms with E-state index in [-0.39, 0.29) is 11.4 Å². The van der Waals surface area contributed by atoms with Crippen molar-refractivity contribution in [1.29, 1.82) is 0 Å². The first-order chi connectivity index (χ1) is 9.24. The fraction of sp³-hybridized carbons (Fsp3) is 0.438. The van der Waals surface area contributed by atoms with Crippen LogP contribution in [0.3, 0.4) is 0 Å². The second kappa shape index (κ2) is 4.82. The predicted octanol–water partition coefficient (Wildman–Crippen LogP) is 2.24. The third-order valence-electron chi connectivity index (χ3n) is 4.35. The van der Waals surface area contributed by atoms with Gasteiger partial charge in [0.25, 0.3) is 0 Å². The summed E-state index contributed by atoms with van der Waals surface area (Å²) in [6.45, 7) is 7.00. The summed E-state index contributed by atoms with van der Waals surface area (Å²) in [7, 11) is 0. The lowest BCUT2D eigenvalue weighted by Gasteiger charge is -2.23. The van der Waals surface area contributed by atoms with Gasteiger partial charge in [0.15, 0.2) is 0 Å². The van der Waals surface area contributed by atoms with Crippen molar-refractivity contribution < 1.29 is 9.53 Å². The molecule has 3 rings (SSSR count). The molecule has 0 aliphatic carbocycles. The van der Waals surface area contributed by atoms with Gasteiger partial charge in [-0.1, -0.05) is 36.4 Å². The Bertz CT molecular complexity index is 485. The van der Waals surface area contributed by atoms with E-state index in [1.54, 1.807) is 0 Å². The average Bonchev–Trinajstić information content (AvgIpc) is 2.89. The van der Waals surface area contributed by atoms with Crippen molar-refractivity contribution in [2.75, 3.05) is 19.7 Å². The maximum absolute atomic E-state index is 12.1. The van der Waals surface area contributed by atoms with Crippen LogP contribution in [0.25, 0.3) is 0 Å². The minimum absolute atomic E-state index is 0.0343. The largest absolute Gasteiger partial charge is 0.465 e. The number of hydrogen-bond donors (Lipinski definition) is 0. The molecule has 0 spiro atoms. The van der Waals surface area contributed by atoms with Crippen molar-refractivity contribution in [2.24, 2.45) is 11.3 Å². The zero-order valence-corrected chi connectivity index (χ0v) is 11.0. The monoisotopic (exact) mass is 257 g/mol. The van der Waals surface area contributed by atoms with Crippen LogP contribution in [0.4, 0.5) is 0 Å². The maximum atomic E-state index is 12.1. The molecule has 1 aromatic rings. The first-order valence-corrected chi connectivity index (χ1v) is 6.79. The van der Waals surface area contributed by atoms with Crippen molar-refractivity contribution in [2.45, 2.75) is 13.0 Å². The van der Waals surface area contributed by atoms with Crippen LogP contribution in [0.15, 0.2) is 43.0 Å². The summed E-state index contributed by atoms with van der Waals surface area (Å²) in [6, 6.07) is 10.4. The van der Waals surface area contributed by atoms with Crippen LogP contribution < -0.4 is 0 Å². The van der Waals surface area contributed by atoms with Gasteiger partial charge in [-0.3, -0.25) is 9.69 Å². The number of nitrogens with zero attached hydrogens (tertiary/aromatic N) is 1. The second-order valence-corrected chi connectivity index (χ2v) is 5.60. The van der Waals surface area contributed by atoms with E-state index in [0.717, 1.165) is 26.1 Å². The molecule has 0 amide bonds. The third kappa shape index (κ3) is 2.08. The number of fused-ring (bicyclic) bond motifs is 1. The smallest absolute Gasteiger partial charge is 0.314 e. The molecule has 3 nitrogen and oxygen atoms in total. The van der Waals surface area contributed by atoms with Crippen LogP contribution in [0.2, 0.25) is 0 Å². The molecule has 2 atom stereocenters. The Morgan fingerprint density at radius 3 is 2.95 bits per heavy atom. The molecule has 2 fully saturated rings. The summed E-state index contributed by atoms with van der Waals surface area (Å²) in [5.74, 6) is 0.287. The SMILES string of the molecule is C=CCC12CN(Cc3ccccc3)CC1COC2=O. The molecule has 19 heavy (non-hydrogen) atoms. The molecule has 2 saturated heterocycles. The van der Waals surface area contributed by atoms with E-state index in [9.17, 15) is 4.79 Å². The lowest BCUT2D eigenvalue weighted by Crippen LogP contribution is -2.34. The summed E-state index contributed by atoms with van der Waals surface area (Å²) >= 11 is 0. The van der Waals surface area contributed by atoms with Crippen LogP contribution in [0, 0.1) is 11.3 Å². The molecule has 1 aromatic carbocycles. The van der Waals surface area contributed by atoms with Crippen LogP contribution in [-0.2, 0) is 16.1 Å². The van der Waals surface area contributed by atoms with Crippen molar-refractivity contribution >= 4 is 5.97 Å². The zero-order chi connectivity index (χ0) is 13.3. The van der Waals surface area contributed by atoms with E-state index in [1.807, 2.05) is 12.1 Å². The summed E-state index contributed by atoms with van der Waals surface area (Å²) in [5.41, 5.74) is 0.959. The first-order valence-electron chi connectivity index (χ1n) is 6.79. The molecule has 2 unspecified atom stereocenters. The van der Waals surface area contributed by atoms with Gasteiger partial charge >= 0.3 is 5.97 Å². The summed E-state index contributed by atoms with van der Waals surface area (Å²) in [6.07, 6.45) is 2.58. The van der Waals surface area contributed by atoms with Crippen LogP contribution in [0.1, 0.15) is 12.0 Å². The zero-order valence-electron chi connectivity index (χ0n) is 11.0. The minimum Gasteiger partial charge on any atom is -0.465 e. The van der Waals surface area contributed by atoms with E-state index in [2.05, 4.69) is 35.7 Å². The number of benzene rings is 1. The fourth-order valence-corrected chi connectivity index (χ4v) is 3.38. The van der Waals surface area contributed by atoms with Crippen LogP contribution in [-0.4, -0.2) is 30.6 Å². The summed E-state index contributed by atoms with van der Waals surface area (Å²) < 4.78 is 5.26. The number of hydrogen-bond acceptors (Lipinski definition) is 3. The average molecular weight is 257 g/mol. The topological polar surface area (TPSA) is 29.5 Å². The Kier molecular flexibility index (Phi) is 3.15. The fourth-order valence-electron chi connectivity index (χ4n) is 3.38. The van der Waals surface area contributed by atoms with Crippen molar-refractivity contribution in [3.05, 3.63) is 48.6 Å². The molecular formula is C16H19NO2. The molecule has 2 heterocycles. The van der Waals surface area contributed by atoms with Crippen LogP contribution >= 0.6 is 0 Å². The summed E-state index contributed by atoms with van der Waals surface area (Å²) in [4.78, 5) is 14.4. The van der Waals surface area contributed by atoms with Crippen LogP contribution in [0.5, 0.6) is 0 Å². The minimum atomic E-state index is -0.337. The quantitative estimate of drug-likeness (QED) is 0.612. The van der Waals surface area contributed by atoms with Gasteiger partial charge in [0, 0.05) is 25.6 Å². The molecular weight excluding hydrogens is 238 g/mol. The van der Waals surface area contributed by atoms with Gasteiger partial charge in [0.1, 0.15) is 0 Å². The highest BCUT2D eigenvalue weighted by Crippen LogP contribution is 2.45. The number of carbonyl (C=O) groups excluding carboxylic acids is 1. The Labute approximate surface area is 113 Å². The van der Waals surface area contributed by atoms with Gasteiger partial charge in [0.05, 0.1) is 12.0 Å². The van der Waals surface area contributed by atoms with Gasteiger partial charge in [-0.15, -0.1) is 6.58 Å². The molecule has 2 aliphatic heterocycles. The van der Waals surface area contributed by atoms with Crippen molar-refractivity contribution in [3.8, 4) is 0 Å². The second-order valence-electron chi connectivity index (χ2n) is 5.60. The maximum Gasteiger partial charge on any atom is 0.314 e. The van der Waals surface area contributed by atoms with E-state index < -0.39 is 0 Å². The summed E-state index contributed by atoms with van der Waals surface area (Å²) in [5, 5.41) is 0. The van der Waals surface area contributed by atoms with E-state index >= 15 is 0 Å².